The van der Waals surface area contributed by atoms with Crippen molar-refractivity contribution in [1.29, 1.82) is 0 Å². The van der Waals surface area contributed by atoms with Crippen LogP contribution >= 0.6 is 0 Å². The summed E-state index contributed by atoms with van der Waals surface area (Å²) >= 11 is 0. The number of benzene rings is 1. The number of ether oxygens (including phenoxy) is 1. The maximum Gasteiger partial charge on any atom is 0.193 e. The molecule has 30 heavy (non-hydrogen) atoms. The summed E-state index contributed by atoms with van der Waals surface area (Å²) in [6.45, 7) is 5.26. The Bertz CT molecular complexity index is 769. The van der Waals surface area contributed by atoms with E-state index in [1.807, 2.05) is 19.2 Å². The van der Waals surface area contributed by atoms with Gasteiger partial charge in [-0.15, -0.1) is 0 Å². The highest BCUT2D eigenvalue weighted by molar-refractivity contribution is 5.79. The van der Waals surface area contributed by atoms with Gasteiger partial charge in [0.25, 0.3) is 0 Å². The van der Waals surface area contributed by atoms with Crippen LogP contribution < -0.4 is 5.32 Å². The lowest BCUT2D eigenvalue weighted by molar-refractivity contribution is 0.0625. The normalized spacial score (nSPS) is 15.5. The molecule has 1 aromatic carbocycles. The minimum absolute atomic E-state index is 0.763. The van der Waals surface area contributed by atoms with Crippen LogP contribution in [0.5, 0.6) is 0 Å². The van der Waals surface area contributed by atoms with E-state index in [1.165, 1.54) is 30.4 Å². The molecule has 0 atom stereocenters. The van der Waals surface area contributed by atoms with Crippen molar-refractivity contribution < 1.29 is 9.15 Å². The van der Waals surface area contributed by atoms with Gasteiger partial charge in [-0.25, -0.2) is 0 Å². The summed E-state index contributed by atoms with van der Waals surface area (Å²) in [4.78, 5) is 9.00. The van der Waals surface area contributed by atoms with E-state index in [9.17, 15) is 0 Å². The Balaban J connectivity index is 1.50. The number of hydrogen-bond acceptors (Lipinski definition) is 4. The SMILES string of the molecule is CN=C(NCc1ccccc1CN(C)Cc1ccco1)N(C)CCC1CCOCC1. The van der Waals surface area contributed by atoms with Gasteiger partial charge in [0.1, 0.15) is 5.76 Å². The molecule has 164 valence electrons. The van der Waals surface area contributed by atoms with E-state index < -0.39 is 0 Å². The van der Waals surface area contributed by atoms with Crippen LogP contribution in [0.4, 0.5) is 0 Å². The average Bonchev–Trinajstić information content (AvgIpc) is 3.27. The second kappa shape index (κ2) is 11.8. The van der Waals surface area contributed by atoms with E-state index in [4.69, 9.17) is 9.15 Å². The third-order valence-electron chi connectivity index (χ3n) is 5.79. The lowest BCUT2D eigenvalue weighted by Gasteiger charge is -2.27. The van der Waals surface area contributed by atoms with E-state index in [0.717, 1.165) is 57.0 Å². The fraction of sp³-hybridized carbons (Fsp3) is 0.542. The van der Waals surface area contributed by atoms with Gasteiger partial charge in [-0.05, 0) is 55.5 Å². The van der Waals surface area contributed by atoms with E-state index in [0.29, 0.717) is 0 Å². The minimum atomic E-state index is 0.763. The van der Waals surface area contributed by atoms with Gasteiger partial charge in [-0.2, -0.15) is 0 Å². The summed E-state index contributed by atoms with van der Waals surface area (Å²) in [6, 6.07) is 12.6. The van der Waals surface area contributed by atoms with Crippen LogP contribution in [-0.4, -0.2) is 56.7 Å². The minimum Gasteiger partial charge on any atom is -0.468 e. The van der Waals surface area contributed by atoms with E-state index in [2.05, 4.69) is 58.5 Å². The molecule has 6 nitrogen and oxygen atoms in total. The van der Waals surface area contributed by atoms with Gasteiger partial charge < -0.3 is 19.4 Å². The van der Waals surface area contributed by atoms with Crippen LogP contribution in [0.2, 0.25) is 0 Å². The van der Waals surface area contributed by atoms with E-state index in [1.54, 1.807) is 6.26 Å². The molecule has 1 saturated heterocycles. The molecule has 3 rings (SSSR count). The fourth-order valence-electron chi connectivity index (χ4n) is 3.98. The smallest absolute Gasteiger partial charge is 0.193 e. The molecule has 0 bridgehead atoms. The van der Waals surface area contributed by atoms with Gasteiger partial charge in [0.05, 0.1) is 12.8 Å². The Morgan fingerprint density at radius 1 is 1.07 bits per heavy atom. The summed E-state index contributed by atoms with van der Waals surface area (Å²) in [5.74, 6) is 2.70. The molecule has 6 heteroatoms. The second-order valence-corrected chi connectivity index (χ2v) is 8.19. The quantitative estimate of drug-likeness (QED) is 0.502. The van der Waals surface area contributed by atoms with Gasteiger partial charge in [0.15, 0.2) is 5.96 Å². The third kappa shape index (κ3) is 6.89. The van der Waals surface area contributed by atoms with E-state index in [-0.39, 0.29) is 0 Å². The van der Waals surface area contributed by atoms with Crippen LogP contribution in [0.3, 0.4) is 0 Å². The summed E-state index contributed by atoms with van der Waals surface area (Å²) in [5, 5.41) is 3.55. The molecule has 0 saturated carbocycles. The maximum atomic E-state index is 5.48. The summed E-state index contributed by atoms with van der Waals surface area (Å²) in [5.41, 5.74) is 2.61. The molecule has 0 amide bonds. The lowest BCUT2D eigenvalue weighted by atomic mass is 9.96. The first kappa shape index (κ1) is 22.4. The topological polar surface area (TPSA) is 53.2 Å². The monoisotopic (exact) mass is 412 g/mol. The molecular formula is C24H36N4O2. The van der Waals surface area contributed by atoms with Gasteiger partial charge in [0, 0.05) is 46.9 Å². The molecule has 1 aliphatic rings. The molecule has 2 heterocycles. The molecule has 1 aromatic heterocycles. The first-order valence-electron chi connectivity index (χ1n) is 10.9. The van der Waals surface area contributed by atoms with Crippen molar-refractivity contribution in [2.45, 2.75) is 38.9 Å². The van der Waals surface area contributed by atoms with Gasteiger partial charge in [-0.3, -0.25) is 9.89 Å². The molecule has 2 aromatic rings. The van der Waals surface area contributed by atoms with Gasteiger partial charge in [-0.1, -0.05) is 24.3 Å². The molecule has 0 spiro atoms. The van der Waals surface area contributed by atoms with Crippen molar-refractivity contribution in [3.8, 4) is 0 Å². The molecule has 1 fully saturated rings. The standard InChI is InChI=1S/C24H36N4O2/c1-25-24(28(3)13-10-20-11-15-29-16-12-20)26-17-21-7-4-5-8-22(21)18-27(2)19-23-9-6-14-30-23/h4-9,14,20H,10-13,15-19H2,1-3H3,(H,25,26). The number of hydrogen-bond donors (Lipinski definition) is 1. The highest BCUT2D eigenvalue weighted by Gasteiger charge is 2.16. The Morgan fingerprint density at radius 3 is 2.53 bits per heavy atom. The summed E-state index contributed by atoms with van der Waals surface area (Å²) in [6.07, 6.45) is 5.28. The molecule has 0 radical (unpaired) electrons. The number of furan rings is 1. The molecular weight excluding hydrogens is 376 g/mol. The highest BCUT2D eigenvalue weighted by atomic mass is 16.5. The fourth-order valence-corrected chi connectivity index (χ4v) is 3.98. The van der Waals surface area contributed by atoms with Crippen LogP contribution in [0.15, 0.2) is 52.1 Å². The number of nitrogens with one attached hydrogen (secondary N) is 1. The Morgan fingerprint density at radius 2 is 1.83 bits per heavy atom. The Hall–Kier alpha value is -2.31. The number of rotatable bonds is 9. The molecule has 1 aliphatic heterocycles. The van der Waals surface area contributed by atoms with Crippen molar-refractivity contribution in [2.24, 2.45) is 10.9 Å². The maximum absolute atomic E-state index is 5.48. The van der Waals surface area contributed by atoms with Crippen molar-refractivity contribution in [2.75, 3.05) is 40.9 Å². The van der Waals surface area contributed by atoms with Crippen LogP contribution in [-0.2, 0) is 24.4 Å². The molecule has 1 N–H and O–H groups in total. The third-order valence-corrected chi connectivity index (χ3v) is 5.79. The van der Waals surface area contributed by atoms with Crippen molar-refractivity contribution in [3.05, 3.63) is 59.5 Å². The summed E-state index contributed by atoms with van der Waals surface area (Å²) < 4.78 is 10.9. The lowest BCUT2D eigenvalue weighted by Crippen LogP contribution is -2.39. The highest BCUT2D eigenvalue weighted by Crippen LogP contribution is 2.18. The number of guanidine groups is 1. The van der Waals surface area contributed by atoms with Crippen LogP contribution in [0.1, 0.15) is 36.1 Å². The predicted molar refractivity (Wildman–Crippen MR) is 121 cm³/mol. The second-order valence-electron chi connectivity index (χ2n) is 8.19. The number of nitrogens with zero attached hydrogens (tertiary/aromatic N) is 3. The average molecular weight is 413 g/mol. The Kier molecular flexibility index (Phi) is 8.78. The zero-order valence-corrected chi connectivity index (χ0v) is 18.6. The largest absolute Gasteiger partial charge is 0.468 e. The first-order valence-corrected chi connectivity index (χ1v) is 10.9. The van der Waals surface area contributed by atoms with Crippen molar-refractivity contribution in [1.82, 2.24) is 15.1 Å². The van der Waals surface area contributed by atoms with Crippen molar-refractivity contribution in [3.63, 3.8) is 0 Å². The van der Waals surface area contributed by atoms with Gasteiger partial charge >= 0.3 is 0 Å². The van der Waals surface area contributed by atoms with Crippen molar-refractivity contribution >= 4 is 5.96 Å². The Labute approximate surface area is 180 Å². The van der Waals surface area contributed by atoms with E-state index >= 15 is 0 Å². The summed E-state index contributed by atoms with van der Waals surface area (Å²) in [7, 11) is 6.10. The van der Waals surface area contributed by atoms with Gasteiger partial charge in [0.2, 0.25) is 0 Å². The zero-order chi connectivity index (χ0) is 21.2. The van der Waals surface area contributed by atoms with Crippen LogP contribution in [0.25, 0.3) is 0 Å². The zero-order valence-electron chi connectivity index (χ0n) is 18.6. The molecule has 0 aliphatic carbocycles. The first-order chi connectivity index (χ1) is 14.7. The predicted octanol–water partition coefficient (Wildman–Crippen LogP) is 3.74. The van der Waals surface area contributed by atoms with Crippen LogP contribution in [0, 0.1) is 5.92 Å². The molecule has 0 unspecified atom stereocenters. The number of aliphatic imine (C=N–C) groups is 1.